The predicted molar refractivity (Wildman–Crippen MR) is 82.2 cm³/mol. The van der Waals surface area contributed by atoms with Crippen molar-refractivity contribution in [3.8, 4) is 0 Å². The monoisotopic (exact) mass is 262 g/mol. The Morgan fingerprint density at radius 2 is 2.22 bits per heavy atom. The SMILES string of the molecule is CCSCCC(C)NCc1ccc2cc[nH]c2c1. The molecule has 18 heavy (non-hydrogen) atoms. The molecular weight excluding hydrogens is 240 g/mol. The summed E-state index contributed by atoms with van der Waals surface area (Å²) in [4.78, 5) is 3.26. The second-order valence-electron chi connectivity index (χ2n) is 4.67. The van der Waals surface area contributed by atoms with Crippen molar-refractivity contribution in [2.45, 2.75) is 32.9 Å². The summed E-state index contributed by atoms with van der Waals surface area (Å²) in [7, 11) is 0. The second-order valence-corrected chi connectivity index (χ2v) is 6.06. The molecule has 0 saturated heterocycles. The van der Waals surface area contributed by atoms with E-state index in [0.717, 1.165) is 6.54 Å². The minimum absolute atomic E-state index is 0.586. The normalized spacial score (nSPS) is 13.0. The lowest BCUT2D eigenvalue weighted by Crippen LogP contribution is -2.26. The van der Waals surface area contributed by atoms with Crippen LogP contribution in [0.1, 0.15) is 25.8 Å². The Bertz CT molecular complexity index is 478. The predicted octanol–water partition coefficient (Wildman–Crippen LogP) is 3.79. The Hall–Kier alpha value is -0.930. The maximum Gasteiger partial charge on any atom is 0.0457 e. The van der Waals surface area contributed by atoms with Crippen LogP contribution < -0.4 is 5.32 Å². The number of fused-ring (bicyclic) bond motifs is 1. The van der Waals surface area contributed by atoms with Crippen LogP contribution in [0.5, 0.6) is 0 Å². The van der Waals surface area contributed by atoms with E-state index < -0.39 is 0 Å². The molecule has 2 aromatic rings. The Morgan fingerprint density at radius 1 is 1.33 bits per heavy atom. The molecule has 0 aliphatic carbocycles. The van der Waals surface area contributed by atoms with Gasteiger partial charge in [0.2, 0.25) is 0 Å². The van der Waals surface area contributed by atoms with E-state index in [1.54, 1.807) is 0 Å². The Kier molecular flexibility index (Phi) is 5.14. The molecule has 0 fully saturated rings. The van der Waals surface area contributed by atoms with Gasteiger partial charge in [-0.25, -0.2) is 0 Å². The molecule has 2 nitrogen and oxygen atoms in total. The van der Waals surface area contributed by atoms with Gasteiger partial charge in [0.05, 0.1) is 0 Å². The number of nitrogens with one attached hydrogen (secondary N) is 2. The smallest absolute Gasteiger partial charge is 0.0457 e. The molecule has 0 bridgehead atoms. The van der Waals surface area contributed by atoms with E-state index in [4.69, 9.17) is 0 Å². The van der Waals surface area contributed by atoms with Crippen LogP contribution in [0.2, 0.25) is 0 Å². The van der Waals surface area contributed by atoms with Gasteiger partial charge in [0.15, 0.2) is 0 Å². The van der Waals surface area contributed by atoms with Gasteiger partial charge < -0.3 is 10.3 Å². The van der Waals surface area contributed by atoms with E-state index in [-0.39, 0.29) is 0 Å². The number of thioether (sulfide) groups is 1. The molecule has 1 aromatic carbocycles. The highest BCUT2D eigenvalue weighted by Crippen LogP contribution is 2.14. The summed E-state index contributed by atoms with van der Waals surface area (Å²) < 4.78 is 0. The van der Waals surface area contributed by atoms with Gasteiger partial charge in [0.25, 0.3) is 0 Å². The molecule has 98 valence electrons. The molecule has 2 rings (SSSR count). The molecule has 0 aliphatic heterocycles. The number of aromatic nitrogens is 1. The van der Waals surface area contributed by atoms with Crippen LogP contribution in [0.15, 0.2) is 30.5 Å². The standard InChI is InChI=1S/C15H22N2S/c1-3-18-9-7-12(2)17-11-13-4-5-14-6-8-16-15(14)10-13/h4-6,8,10,12,16-17H,3,7,9,11H2,1-2H3. The fraction of sp³-hybridized carbons (Fsp3) is 0.467. The van der Waals surface area contributed by atoms with E-state index in [1.807, 2.05) is 18.0 Å². The van der Waals surface area contributed by atoms with Crippen molar-refractivity contribution in [3.63, 3.8) is 0 Å². The molecule has 2 N–H and O–H groups in total. The second kappa shape index (κ2) is 6.86. The highest BCUT2D eigenvalue weighted by atomic mass is 32.2. The van der Waals surface area contributed by atoms with Crippen LogP contribution in [0, 0.1) is 0 Å². The number of benzene rings is 1. The lowest BCUT2D eigenvalue weighted by molar-refractivity contribution is 0.537. The minimum Gasteiger partial charge on any atom is -0.361 e. The zero-order valence-corrected chi connectivity index (χ0v) is 12.0. The quantitative estimate of drug-likeness (QED) is 0.743. The lowest BCUT2D eigenvalue weighted by atomic mass is 10.1. The first-order chi connectivity index (χ1) is 8.79. The van der Waals surface area contributed by atoms with Crippen molar-refractivity contribution in [1.82, 2.24) is 10.3 Å². The van der Waals surface area contributed by atoms with Crippen LogP contribution in [0.3, 0.4) is 0 Å². The number of H-pyrrole nitrogens is 1. The van der Waals surface area contributed by atoms with Crippen LogP contribution in [0.4, 0.5) is 0 Å². The van der Waals surface area contributed by atoms with Crippen LogP contribution in [-0.4, -0.2) is 22.5 Å². The van der Waals surface area contributed by atoms with Crippen LogP contribution >= 0.6 is 11.8 Å². The van der Waals surface area contributed by atoms with Crippen LogP contribution in [0.25, 0.3) is 10.9 Å². The number of aromatic amines is 1. The third kappa shape index (κ3) is 3.79. The Labute approximate surface area is 114 Å². The zero-order chi connectivity index (χ0) is 12.8. The summed E-state index contributed by atoms with van der Waals surface area (Å²) in [5, 5.41) is 4.87. The Morgan fingerprint density at radius 3 is 3.06 bits per heavy atom. The van der Waals surface area contributed by atoms with Gasteiger partial charge in [-0.05, 0) is 47.9 Å². The molecule has 3 heteroatoms. The van der Waals surface area contributed by atoms with E-state index in [1.165, 1.54) is 34.4 Å². The minimum atomic E-state index is 0.586. The average molecular weight is 262 g/mol. The fourth-order valence-corrected chi connectivity index (χ4v) is 2.81. The van der Waals surface area contributed by atoms with Gasteiger partial charge in [-0.3, -0.25) is 0 Å². The summed E-state index contributed by atoms with van der Waals surface area (Å²) in [6, 6.07) is 9.31. The topological polar surface area (TPSA) is 27.8 Å². The summed E-state index contributed by atoms with van der Waals surface area (Å²) in [6.07, 6.45) is 3.23. The number of rotatable bonds is 7. The van der Waals surface area contributed by atoms with Crippen molar-refractivity contribution in [3.05, 3.63) is 36.0 Å². The summed E-state index contributed by atoms with van der Waals surface area (Å²) in [5.41, 5.74) is 2.57. The van der Waals surface area contributed by atoms with Gasteiger partial charge in [-0.15, -0.1) is 0 Å². The molecule has 0 radical (unpaired) electrons. The first kappa shape index (κ1) is 13.5. The average Bonchev–Trinajstić information content (AvgIpc) is 2.84. The lowest BCUT2D eigenvalue weighted by Gasteiger charge is -2.13. The van der Waals surface area contributed by atoms with Crippen LogP contribution in [-0.2, 0) is 6.54 Å². The first-order valence-corrected chi connectivity index (χ1v) is 7.82. The third-order valence-corrected chi connectivity index (χ3v) is 4.11. The molecule has 0 aliphatic rings. The van der Waals surface area contributed by atoms with E-state index in [2.05, 4.69) is 48.4 Å². The van der Waals surface area contributed by atoms with Crippen molar-refractivity contribution in [2.75, 3.05) is 11.5 Å². The van der Waals surface area contributed by atoms with Gasteiger partial charge >= 0.3 is 0 Å². The van der Waals surface area contributed by atoms with Crippen molar-refractivity contribution in [1.29, 1.82) is 0 Å². The molecule has 1 unspecified atom stereocenters. The molecule has 0 amide bonds. The van der Waals surface area contributed by atoms with Crippen molar-refractivity contribution >= 4 is 22.7 Å². The number of hydrogen-bond donors (Lipinski definition) is 2. The van der Waals surface area contributed by atoms with E-state index in [9.17, 15) is 0 Å². The highest BCUT2D eigenvalue weighted by molar-refractivity contribution is 7.99. The molecule has 1 atom stereocenters. The summed E-state index contributed by atoms with van der Waals surface area (Å²) >= 11 is 2.02. The molecular formula is C15H22N2S. The van der Waals surface area contributed by atoms with E-state index in [0.29, 0.717) is 6.04 Å². The molecule has 0 saturated carbocycles. The summed E-state index contributed by atoms with van der Waals surface area (Å²) in [6.45, 7) is 5.44. The largest absolute Gasteiger partial charge is 0.361 e. The van der Waals surface area contributed by atoms with Gasteiger partial charge in [0.1, 0.15) is 0 Å². The third-order valence-electron chi connectivity index (χ3n) is 3.17. The maximum atomic E-state index is 3.59. The number of hydrogen-bond acceptors (Lipinski definition) is 2. The fourth-order valence-electron chi connectivity index (χ4n) is 2.00. The summed E-state index contributed by atoms with van der Waals surface area (Å²) in [5.74, 6) is 2.47. The van der Waals surface area contributed by atoms with Crippen molar-refractivity contribution < 1.29 is 0 Å². The maximum absolute atomic E-state index is 3.59. The Balaban J connectivity index is 1.81. The highest BCUT2D eigenvalue weighted by Gasteiger charge is 2.02. The molecule has 1 heterocycles. The van der Waals surface area contributed by atoms with Gasteiger partial charge in [0, 0.05) is 24.3 Å². The zero-order valence-electron chi connectivity index (χ0n) is 11.2. The van der Waals surface area contributed by atoms with Gasteiger partial charge in [-0.2, -0.15) is 11.8 Å². The van der Waals surface area contributed by atoms with Crippen molar-refractivity contribution in [2.24, 2.45) is 0 Å². The van der Waals surface area contributed by atoms with E-state index >= 15 is 0 Å². The molecule has 0 spiro atoms. The molecule has 1 aromatic heterocycles. The van der Waals surface area contributed by atoms with Gasteiger partial charge in [-0.1, -0.05) is 19.1 Å². The first-order valence-electron chi connectivity index (χ1n) is 6.66.